The fourth-order valence-electron chi connectivity index (χ4n) is 2.05. The highest BCUT2D eigenvalue weighted by molar-refractivity contribution is 5.96. The van der Waals surface area contributed by atoms with Gasteiger partial charge in [-0.3, -0.25) is 0 Å². The van der Waals surface area contributed by atoms with Crippen LogP contribution in [0.1, 0.15) is 10.4 Å². The number of para-hydroxylation sites is 2. The number of rotatable bonds is 4. The molecule has 0 atom stereocenters. The van der Waals surface area contributed by atoms with Crippen molar-refractivity contribution < 1.29 is 19.1 Å². The Balaban J connectivity index is 2.03. The van der Waals surface area contributed by atoms with Crippen LogP contribution in [0.15, 0.2) is 52.9 Å². The number of ether oxygens (including phenoxy) is 1. The van der Waals surface area contributed by atoms with E-state index in [9.17, 15) is 4.79 Å². The van der Waals surface area contributed by atoms with E-state index in [1.54, 1.807) is 24.3 Å². The van der Waals surface area contributed by atoms with E-state index in [2.05, 4.69) is 4.98 Å². The monoisotopic (exact) mass is 283 g/mol. The molecular formula is C16H13NO4. The number of aliphatic hydroxyl groups is 1. The molecular weight excluding hydrogens is 270 g/mol. The van der Waals surface area contributed by atoms with Crippen molar-refractivity contribution in [3.05, 3.63) is 54.1 Å². The number of fused-ring (bicyclic) bond motifs is 1. The van der Waals surface area contributed by atoms with E-state index in [4.69, 9.17) is 14.3 Å². The zero-order valence-electron chi connectivity index (χ0n) is 11.2. The van der Waals surface area contributed by atoms with Gasteiger partial charge in [-0.25, -0.2) is 9.78 Å². The molecule has 0 saturated heterocycles. The molecule has 5 nitrogen and oxygen atoms in total. The van der Waals surface area contributed by atoms with Crippen molar-refractivity contribution in [3.8, 4) is 11.5 Å². The number of hydrogen-bond donors (Lipinski definition) is 1. The second-order valence-electron chi connectivity index (χ2n) is 4.39. The van der Waals surface area contributed by atoms with Crippen LogP contribution in [0.25, 0.3) is 22.6 Å². The molecule has 0 aliphatic heterocycles. The molecule has 0 fully saturated rings. The van der Waals surface area contributed by atoms with Crippen molar-refractivity contribution in [3.63, 3.8) is 0 Å². The first-order valence-corrected chi connectivity index (χ1v) is 6.52. The van der Waals surface area contributed by atoms with Gasteiger partial charge in [0, 0.05) is 0 Å². The van der Waals surface area contributed by atoms with Gasteiger partial charge in [0.05, 0.1) is 17.7 Å². The van der Waals surface area contributed by atoms with E-state index in [1.807, 2.05) is 24.3 Å². The molecule has 0 bridgehead atoms. The summed E-state index contributed by atoms with van der Waals surface area (Å²) in [5, 5.41) is 8.74. The van der Waals surface area contributed by atoms with E-state index >= 15 is 0 Å². The van der Waals surface area contributed by atoms with Crippen molar-refractivity contribution in [2.24, 2.45) is 0 Å². The van der Waals surface area contributed by atoms with Crippen molar-refractivity contribution in [2.45, 2.75) is 0 Å². The fourth-order valence-corrected chi connectivity index (χ4v) is 2.05. The normalized spacial score (nSPS) is 10.7. The number of esters is 1. The highest BCUT2D eigenvalue weighted by Gasteiger charge is 2.17. The zero-order valence-corrected chi connectivity index (χ0v) is 11.2. The second-order valence-corrected chi connectivity index (χ2v) is 4.39. The third-order valence-electron chi connectivity index (χ3n) is 3.00. The van der Waals surface area contributed by atoms with Crippen LogP contribution in [-0.2, 0) is 4.74 Å². The Kier molecular flexibility index (Phi) is 3.66. The molecule has 1 N–H and O–H groups in total. The molecule has 0 unspecified atom stereocenters. The van der Waals surface area contributed by atoms with Crippen molar-refractivity contribution in [1.29, 1.82) is 0 Å². The summed E-state index contributed by atoms with van der Waals surface area (Å²) in [5.41, 5.74) is 2.31. The van der Waals surface area contributed by atoms with E-state index < -0.39 is 5.97 Å². The molecule has 0 spiro atoms. The fraction of sp³-hybridized carbons (Fsp3) is 0.125. The Bertz CT molecular complexity index is 746. The lowest BCUT2D eigenvalue weighted by Crippen LogP contribution is -2.10. The lowest BCUT2D eigenvalue weighted by Gasteiger charge is -2.06. The number of aromatic nitrogens is 1. The van der Waals surface area contributed by atoms with E-state index in [0.717, 1.165) is 5.52 Å². The minimum absolute atomic E-state index is 0.0409. The number of hydrogen-bond acceptors (Lipinski definition) is 5. The third-order valence-corrected chi connectivity index (χ3v) is 3.00. The second kappa shape index (κ2) is 5.76. The minimum atomic E-state index is -0.512. The topological polar surface area (TPSA) is 72.6 Å². The van der Waals surface area contributed by atoms with Crippen LogP contribution in [0, 0.1) is 0 Å². The first kappa shape index (κ1) is 13.3. The van der Waals surface area contributed by atoms with Crippen LogP contribution in [0.3, 0.4) is 0 Å². The smallest absolute Gasteiger partial charge is 0.339 e. The number of oxazole rings is 1. The maximum Gasteiger partial charge on any atom is 0.339 e. The van der Waals surface area contributed by atoms with E-state index in [-0.39, 0.29) is 13.2 Å². The number of carbonyl (C=O) groups is 1. The number of aliphatic hydroxyl groups excluding tert-OH is 1. The summed E-state index contributed by atoms with van der Waals surface area (Å²) >= 11 is 0. The van der Waals surface area contributed by atoms with Crippen LogP contribution >= 0.6 is 0 Å². The van der Waals surface area contributed by atoms with Crippen molar-refractivity contribution in [1.82, 2.24) is 4.98 Å². The van der Waals surface area contributed by atoms with Crippen LogP contribution in [0.4, 0.5) is 0 Å². The van der Waals surface area contributed by atoms with Gasteiger partial charge >= 0.3 is 5.97 Å². The molecule has 106 valence electrons. The van der Waals surface area contributed by atoms with E-state index in [1.165, 1.54) is 0 Å². The predicted octanol–water partition coefficient (Wildman–Crippen LogP) is 2.64. The first-order chi connectivity index (χ1) is 10.3. The van der Waals surface area contributed by atoms with Crippen molar-refractivity contribution in [2.75, 3.05) is 13.2 Å². The molecule has 0 aliphatic rings. The standard InChI is InChI=1S/C16H13NO4/c18-9-10-20-16(19)12-6-2-1-5-11(12)15-17-13-7-3-4-8-14(13)21-15/h1-8,18H,9-10H2. The summed E-state index contributed by atoms with van der Waals surface area (Å²) in [5.74, 6) is -0.144. The molecule has 5 heteroatoms. The molecule has 3 aromatic rings. The van der Waals surface area contributed by atoms with Gasteiger partial charge in [0.2, 0.25) is 5.89 Å². The van der Waals surface area contributed by atoms with Gasteiger partial charge in [0.1, 0.15) is 12.1 Å². The molecule has 1 aromatic heterocycles. The Morgan fingerprint density at radius 1 is 1.14 bits per heavy atom. The molecule has 0 aliphatic carbocycles. The number of benzene rings is 2. The maximum atomic E-state index is 12.0. The minimum Gasteiger partial charge on any atom is -0.460 e. The summed E-state index contributed by atoms with van der Waals surface area (Å²) in [4.78, 5) is 16.4. The molecule has 2 aromatic carbocycles. The molecule has 3 rings (SSSR count). The lowest BCUT2D eigenvalue weighted by molar-refractivity contribution is 0.0434. The van der Waals surface area contributed by atoms with Gasteiger partial charge in [-0.2, -0.15) is 0 Å². The lowest BCUT2D eigenvalue weighted by atomic mass is 10.1. The quantitative estimate of drug-likeness (QED) is 0.745. The van der Waals surface area contributed by atoms with Gasteiger partial charge in [0.25, 0.3) is 0 Å². The highest BCUT2D eigenvalue weighted by Crippen LogP contribution is 2.27. The summed E-state index contributed by atoms with van der Waals surface area (Å²) in [6.07, 6.45) is 0. The molecule has 0 saturated carbocycles. The van der Waals surface area contributed by atoms with Crippen LogP contribution in [0.5, 0.6) is 0 Å². The Labute approximate surface area is 120 Å². The average Bonchev–Trinajstić information content (AvgIpc) is 2.96. The highest BCUT2D eigenvalue weighted by atomic mass is 16.5. The van der Waals surface area contributed by atoms with E-state index in [0.29, 0.717) is 22.6 Å². The number of carbonyl (C=O) groups excluding carboxylic acids is 1. The largest absolute Gasteiger partial charge is 0.460 e. The van der Waals surface area contributed by atoms with Gasteiger partial charge in [-0.1, -0.05) is 24.3 Å². The number of nitrogens with zero attached hydrogens (tertiary/aromatic N) is 1. The predicted molar refractivity (Wildman–Crippen MR) is 76.8 cm³/mol. The Morgan fingerprint density at radius 2 is 1.90 bits per heavy atom. The Morgan fingerprint density at radius 3 is 2.71 bits per heavy atom. The van der Waals surface area contributed by atoms with Crippen LogP contribution in [-0.4, -0.2) is 29.3 Å². The summed E-state index contributed by atoms with van der Waals surface area (Å²) in [6.45, 7) is -0.252. The first-order valence-electron chi connectivity index (χ1n) is 6.52. The summed E-state index contributed by atoms with van der Waals surface area (Å²) in [6, 6.07) is 14.3. The average molecular weight is 283 g/mol. The van der Waals surface area contributed by atoms with Gasteiger partial charge in [-0.15, -0.1) is 0 Å². The molecule has 1 heterocycles. The summed E-state index contributed by atoms with van der Waals surface area (Å²) in [7, 11) is 0. The summed E-state index contributed by atoms with van der Waals surface area (Å²) < 4.78 is 10.6. The van der Waals surface area contributed by atoms with Gasteiger partial charge in [0.15, 0.2) is 5.58 Å². The molecule has 0 radical (unpaired) electrons. The van der Waals surface area contributed by atoms with Crippen molar-refractivity contribution >= 4 is 17.1 Å². The third kappa shape index (κ3) is 2.64. The van der Waals surface area contributed by atoms with Gasteiger partial charge in [-0.05, 0) is 24.3 Å². The van der Waals surface area contributed by atoms with Gasteiger partial charge < -0.3 is 14.3 Å². The Hall–Kier alpha value is -2.66. The van der Waals surface area contributed by atoms with Crippen LogP contribution in [0.2, 0.25) is 0 Å². The molecule has 0 amide bonds. The SMILES string of the molecule is O=C(OCCO)c1ccccc1-c1nc2ccccc2o1. The van der Waals surface area contributed by atoms with Crippen LogP contribution < -0.4 is 0 Å². The maximum absolute atomic E-state index is 12.0. The zero-order chi connectivity index (χ0) is 14.7. The molecule has 21 heavy (non-hydrogen) atoms.